The highest BCUT2D eigenvalue weighted by atomic mass is 32.1. The third kappa shape index (κ3) is 3.53. The van der Waals surface area contributed by atoms with Crippen molar-refractivity contribution in [3.63, 3.8) is 0 Å². The number of hydrogen-bond donors (Lipinski definition) is 1. The number of rotatable bonds is 5. The van der Waals surface area contributed by atoms with E-state index in [0.29, 0.717) is 0 Å². The Hall–Kier alpha value is -2.73. The molecule has 0 aliphatic carbocycles. The summed E-state index contributed by atoms with van der Waals surface area (Å²) >= 11 is 5.69. The summed E-state index contributed by atoms with van der Waals surface area (Å²) in [6.07, 6.45) is 2.82. The molecule has 3 aromatic rings. The van der Waals surface area contributed by atoms with Crippen molar-refractivity contribution in [2.45, 2.75) is 39.3 Å². The Bertz CT molecular complexity index is 1010. The van der Waals surface area contributed by atoms with Crippen LogP contribution in [0.25, 0.3) is 5.69 Å². The van der Waals surface area contributed by atoms with Gasteiger partial charge in [-0.25, -0.2) is 4.39 Å². The molecule has 2 aromatic heterocycles. The van der Waals surface area contributed by atoms with Crippen molar-refractivity contribution in [3.05, 3.63) is 83.2 Å². The van der Waals surface area contributed by atoms with Crippen LogP contribution in [0.4, 0.5) is 4.39 Å². The van der Waals surface area contributed by atoms with E-state index in [1.165, 1.54) is 17.7 Å². The normalized spacial score (nSPS) is 18.9. The third-order valence-electron chi connectivity index (χ3n) is 5.54. The van der Waals surface area contributed by atoms with Crippen molar-refractivity contribution in [3.8, 4) is 5.69 Å². The molecule has 0 radical (unpaired) electrons. The minimum atomic E-state index is -0.230. The molecule has 0 saturated carbocycles. The first kappa shape index (κ1) is 19.6. The van der Waals surface area contributed by atoms with Crippen LogP contribution < -0.4 is 5.32 Å². The fourth-order valence-electron chi connectivity index (χ4n) is 4.30. The number of pyridine rings is 1. The maximum Gasteiger partial charge on any atom is 0.170 e. The van der Waals surface area contributed by atoms with Crippen molar-refractivity contribution in [2.75, 3.05) is 6.54 Å². The first-order valence-electron chi connectivity index (χ1n) is 9.94. The highest BCUT2D eigenvalue weighted by Gasteiger charge is 2.40. The second-order valence-electron chi connectivity index (χ2n) is 7.46. The Labute approximate surface area is 176 Å². The Balaban J connectivity index is 1.82. The van der Waals surface area contributed by atoms with Gasteiger partial charge in [0.1, 0.15) is 5.82 Å². The second-order valence-corrected chi connectivity index (χ2v) is 7.84. The monoisotopic (exact) mass is 408 g/mol. The van der Waals surface area contributed by atoms with Gasteiger partial charge in [0.15, 0.2) is 5.11 Å². The molecule has 3 heterocycles. The molecule has 1 N–H and O–H groups in total. The summed E-state index contributed by atoms with van der Waals surface area (Å²) in [5.74, 6) is -0.230. The van der Waals surface area contributed by atoms with Gasteiger partial charge in [0.05, 0.1) is 17.8 Å². The number of nitrogens with one attached hydrogen (secondary N) is 1. The summed E-state index contributed by atoms with van der Waals surface area (Å²) in [4.78, 5) is 6.86. The van der Waals surface area contributed by atoms with Gasteiger partial charge in [-0.15, -0.1) is 0 Å². The molecule has 0 amide bonds. The van der Waals surface area contributed by atoms with E-state index in [2.05, 4.69) is 46.6 Å². The topological polar surface area (TPSA) is 33.1 Å². The maximum atomic E-state index is 13.4. The SMILES string of the molecule is CCCN1C(=S)N[C@@H](c2ccccn2)[C@H]1c1cc(C)n(-c2ccc(F)cc2)c1C. The summed E-state index contributed by atoms with van der Waals surface area (Å²) in [5, 5.41) is 4.26. The van der Waals surface area contributed by atoms with E-state index < -0.39 is 0 Å². The van der Waals surface area contributed by atoms with Crippen LogP contribution in [0, 0.1) is 19.7 Å². The van der Waals surface area contributed by atoms with Crippen molar-refractivity contribution < 1.29 is 4.39 Å². The Kier molecular flexibility index (Phi) is 5.37. The molecule has 1 aliphatic rings. The molecule has 0 unspecified atom stereocenters. The van der Waals surface area contributed by atoms with E-state index in [-0.39, 0.29) is 17.9 Å². The second kappa shape index (κ2) is 7.95. The largest absolute Gasteiger partial charge is 0.352 e. The van der Waals surface area contributed by atoms with Gasteiger partial charge in [-0.2, -0.15) is 0 Å². The molecule has 1 fully saturated rings. The average molecular weight is 409 g/mol. The molecule has 4 rings (SSSR count). The van der Waals surface area contributed by atoms with E-state index in [1.807, 2.05) is 36.5 Å². The van der Waals surface area contributed by atoms with Gasteiger partial charge in [-0.1, -0.05) is 13.0 Å². The van der Waals surface area contributed by atoms with Gasteiger partial charge in [0.25, 0.3) is 0 Å². The lowest BCUT2D eigenvalue weighted by molar-refractivity contribution is 0.316. The van der Waals surface area contributed by atoms with E-state index in [4.69, 9.17) is 12.2 Å². The fraction of sp³-hybridized carbons (Fsp3) is 0.304. The molecule has 1 aliphatic heterocycles. The molecule has 1 aromatic carbocycles. The Morgan fingerprint density at radius 3 is 2.55 bits per heavy atom. The van der Waals surface area contributed by atoms with Crippen LogP contribution in [0.3, 0.4) is 0 Å². The lowest BCUT2D eigenvalue weighted by Gasteiger charge is -2.27. The molecular formula is C23H25FN4S. The minimum Gasteiger partial charge on any atom is -0.352 e. The number of thiocarbonyl (C=S) groups is 1. The summed E-state index contributed by atoms with van der Waals surface area (Å²) in [5.41, 5.74) is 5.39. The molecule has 2 atom stereocenters. The number of aromatic nitrogens is 2. The minimum absolute atomic E-state index is 0.0163. The Morgan fingerprint density at radius 1 is 1.14 bits per heavy atom. The summed E-state index contributed by atoms with van der Waals surface area (Å²) in [7, 11) is 0. The van der Waals surface area contributed by atoms with E-state index in [9.17, 15) is 4.39 Å². The Morgan fingerprint density at radius 2 is 1.90 bits per heavy atom. The van der Waals surface area contributed by atoms with Gasteiger partial charge < -0.3 is 14.8 Å². The zero-order chi connectivity index (χ0) is 20.5. The lowest BCUT2D eigenvalue weighted by atomic mass is 9.96. The van der Waals surface area contributed by atoms with Crippen molar-refractivity contribution in [1.82, 2.24) is 19.8 Å². The fourth-order valence-corrected chi connectivity index (χ4v) is 4.63. The van der Waals surface area contributed by atoms with Crippen molar-refractivity contribution in [1.29, 1.82) is 0 Å². The van der Waals surface area contributed by atoms with E-state index in [0.717, 1.165) is 40.8 Å². The van der Waals surface area contributed by atoms with Crippen LogP contribution in [-0.4, -0.2) is 26.1 Å². The van der Waals surface area contributed by atoms with Gasteiger partial charge in [0, 0.05) is 29.8 Å². The number of halogens is 1. The molecule has 4 nitrogen and oxygen atoms in total. The van der Waals surface area contributed by atoms with Crippen molar-refractivity contribution >= 4 is 17.3 Å². The zero-order valence-electron chi connectivity index (χ0n) is 16.9. The number of nitrogens with zero attached hydrogens (tertiary/aromatic N) is 3. The van der Waals surface area contributed by atoms with E-state index in [1.54, 1.807) is 0 Å². The molecule has 150 valence electrons. The zero-order valence-corrected chi connectivity index (χ0v) is 17.7. The standard InChI is InChI=1S/C23H25FN4S/c1-4-13-27-22(21(26-23(27)29)20-7-5-6-12-25-20)19-14-15(2)28(16(19)3)18-10-8-17(24)9-11-18/h5-12,14,21-22H,4,13H2,1-3H3,(H,26,29)/t21-,22+/m0/s1. The third-order valence-corrected chi connectivity index (χ3v) is 5.89. The molecule has 29 heavy (non-hydrogen) atoms. The average Bonchev–Trinajstić information content (AvgIpc) is 3.20. The van der Waals surface area contributed by atoms with Gasteiger partial charge in [-0.3, -0.25) is 4.98 Å². The number of benzene rings is 1. The van der Waals surface area contributed by atoms with Gasteiger partial charge in [0.2, 0.25) is 0 Å². The summed E-state index contributed by atoms with van der Waals surface area (Å²) in [6.45, 7) is 7.24. The van der Waals surface area contributed by atoms with Gasteiger partial charge >= 0.3 is 0 Å². The number of hydrogen-bond acceptors (Lipinski definition) is 2. The summed E-state index contributed by atoms with van der Waals surface area (Å²) < 4.78 is 15.6. The predicted molar refractivity (Wildman–Crippen MR) is 118 cm³/mol. The first-order chi connectivity index (χ1) is 14.0. The van der Waals surface area contributed by atoms with Crippen LogP contribution >= 0.6 is 12.2 Å². The van der Waals surface area contributed by atoms with Crippen molar-refractivity contribution in [2.24, 2.45) is 0 Å². The quantitative estimate of drug-likeness (QED) is 0.602. The smallest absolute Gasteiger partial charge is 0.170 e. The predicted octanol–water partition coefficient (Wildman–Crippen LogP) is 5.01. The number of aryl methyl sites for hydroxylation is 1. The molecule has 0 bridgehead atoms. The van der Waals surface area contributed by atoms with Crippen LogP contribution in [0.1, 0.15) is 48.1 Å². The van der Waals surface area contributed by atoms with Crippen LogP contribution in [0.5, 0.6) is 0 Å². The maximum absolute atomic E-state index is 13.4. The lowest BCUT2D eigenvalue weighted by Crippen LogP contribution is -2.30. The van der Waals surface area contributed by atoms with Crippen LogP contribution in [-0.2, 0) is 0 Å². The molecule has 0 spiro atoms. The summed E-state index contributed by atoms with van der Waals surface area (Å²) in [6, 6.07) is 14.9. The molecule has 1 saturated heterocycles. The van der Waals surface area contributed by atoms with E-state index >= 15 is 0 Å². The van der Waals surface area contributed by atoms with Crippen LogP contribution in [0.2, 0.25) is 0 Å². The molecule has 6 heteroatoms. The highest BCUT2D eigenvalue weighted by molar-refractivity contribution is 7.80. The van der Waals surface area contributed by atoms with Crippen LogP contribution in [0.15, 0.2) is 54.7 Å². The first-order valence-corrected chi connectivity index (χ1v) is 10.3. The van der Waals surface area contributed by atoms with Gasteiger partial charge in [-0.05, 0) is 80.5 Å². The highest BCUT2D eigenvalue weighted by Crippen LogP contribution is 2.41. The molecular weight excluding hydrogens is 383 g/mol.